The zero-order valence-electron chi connectivity index (χ0n) is 39.0. The molecule has 0 saturated heterocycles. The third-order valence-electron chi connectivity index (χ3n) is 11.1. The number of nitriles is 2. The fraction of sp³-hybridized carbons (Fsp3) is 0.755. The number of nitrogens with zero attached hydrogens (tertiary/aromatic N) is 2. The van der Waals surface area contributed by atoms with Crippen molar-refractivity contribution in [2.45, 2.75) is 192 Å². The molecule has 0 N–H and O–H groups in total. The number of carbonyl (C=O) groups excluding carboxylic acids is 2. The van der Waals surface area contributed by atoms with Gasteiger partial charge in [-0.15, -0.1) is 0 Å². The van der Waals surface area contributed by atoms with Gasteiger partial charge in [0.25, 0.3) is 0 Å². The van der Waals surface area contributed by atoms with Crippen molar-refractivity contribution in [3.63, 3.8) is 0 Å². The van der Waals surface area contributed by atoms with Crippen molar-refractivity contribution in [2.75, 3.05) is 0 Å². The van der Waals surface area contributed by atoms with Crippen LogP contribution in [-0.4, -0.2) is 11.9 Å². The molecular formula is C49H78N2O4S2. The van der Waals surface area contributed by atoms with Crippen LogP contribution in [0.15, 0.2) is 25.7 Å². The Morgan fingerprint density at radius 1 is 0.614 bits per heavy atom. The number of esters is 2. The Morgan fingerprint density at radius 2 is 1.02 bits per heavy atom. The van der Waals surface area contributed by atoms with Gasteiger partial charge in [-0.1, -0.05) is 147 Å². The van der Waals surface area contributed by atoms with Gasteiger partial charge >= 0.3 is 11.9 Å². The lowest BCUT2D eigenvalue weighted by atomic mass is 9.76. The number of hydrogen-bond donors (Lipinski definition) is 0. The average Bonchev–Trinajstić information content (AvgIpc) is 3.48. The van der Waals surface area contributed by atoms with Crippen LogP contribution in [0.25, 0.3) is 0 Å². The number of allylic oxidation sites excluding steroid dienone is 1. The van der Waals surface area contributed by atoms with Gasteiger partial charge in [-0.25, -0.2) is 0 Å². The van der Waals surface area contributed by atoms with Crippen molar-refractivity contribution >= 4 is 35.5 Å². The van der Waals surface area contributed by atoms with Crippen molar-refractivity contribution in [1.82, 2.24) is 0 Å². The average molecular weight is 823 g/mol. The van der Waals surface area contributed by atoms with E-state index in [0.29, 0.717) is 42.9 Å². The van der Waals surface area contributed by atoms with Gasteiger partial charge in [-0.2, -0.15) is 10.5 Å². The van der Waals surface area contributed by atoms with Gasteiger partial charge in [0.05, 0.1) is 25.9 Å². The van der Waals surface area contributed by atoms with Crippen molar-refractivity contribution in [2.24, 2.45) is 57.2 Å². The third-order valence-corrected chi connectivity index (χ3v) is 13.7. The summed E-state index contributed by atoms with van der Waals surface area (Å²) in [5.74, 6) is 0.853. The van der Waals surface area contributed by atoms with Crippen molar-refractivity contribution in [3.05, 3.63) is 21.4 Å². The molecule has 1 aliphatic rings. The van der Waals surface area contributed by atoms with E-state index in [9.17, 15) is 20.1 Å². The molecule has 320 valence electrons. The van der Waals surface area contributed by atoms with E-state index in [-0.39, 0.29) is 62.8 Å². The monoisotopic (exact) mass is 823 g/mol. The smallest absolute Gasteiger partial charge is 0.314 e. The molecule has 8 heteroatoms. The highest BCUT2D eigenvalue weighted by Crippen LogP contribution is 2.60. The van der Waals surface area contributed by atoms with E-state index < -0.39 is 0 Å². The van der Waals surface area contributed by atoms with E-state index in [1.54, 1.807) is 6.07 Å². The number of benzene rings is 1. The number of thioether (sulfide) groups is 2. The molecule has 1 heterocycles. The van der Waals surface area contributed by atoms with E-state index in [1.807, 2.05) is 19.1 Å². The minimum Gasteiger partial charge on any atom is -0.425 e. The summed E-state index contributed by atoms with van der Waals surface area (Å²) in [6.07, 6.45) is 9.60. The second-order valence-electron chi connectivity index (χ2n) is 22.4. The van der Waals surface area contributed by atoms with Gasteiger partial charge in [0.2, 0.25) is 0 Å². The van der Waals surface area contributed by atoms with Gasteiger partial charge in [-0.05, 0) is 115 Å². The molecule has 0 radical (unpaired) electrons. The van der Waals surface area contributed by atoms with Gasteiger partial charge in [0.15, 0.2) is 0 Å². The molecular weight excluding hydrogens is 745 g/mol. The highest BCUT2D eigenvalue weighted by atomic mass is 32.2. The Labute approximate surface area is 357 Å². The van der Waals surface area contributed by atoms with Crippen LogP contribution >= 0.6 is 23.5 Å². The molecule has 6 unspecified atom stereocenters. The fourth-order valence-corrected chi connectivity index (χ4v) is 10.5. The Hall–Kier alpha value is -2.42. The van der Waals surface area contributed by atoms with Crippen LogP contribution in [0.2, 0.25) is 0 Å². The SMILES string of the molecule is Cc1cc(OC(=O)C(CCC(C)CCC(C)(C)C)C(C)CC(C)(C)C)c2c(c1OC(=O)C(CCC(C)CCC(C)(C)C)C(C)CC(C)(C)C)SC(=C(C#N)C#N)S2. The predicted molar refractivity (Wildman–Crippen MR) is 240 cm³/mol. The summed E-state index contributed by atoms with van der Waals surface area (Å²) in [5.41, 5.74) is 1.27. The summed E-state index contributed by atoms with van der Waals surface area (Å²) >= 11 is 2.49. The van der Waals surface area contributed by atoms with E-state index in [0.717, 1.165) is 64.2 Å². The lowest BCUT2D eigenvalue weighted by Gasteiger charge is -2.30. The Kier molecular flexibility index (Phi) is 18.9. The van der Waals surface area contributed by atoms with Gasteiger partial charge < -0.3 is 9.47 Å². The first-order chi connectivity index (χ1) is 26.0. The molecule has 2 rings (SSSR count). The van der Waals surface area contributed by atoms with Crippen molar-refractivity contribution in [1.29, 1.82) is 10.5 Å². The summed E-state index contributed by atoms with van der Waals surface area (Å²) in [6.45, 7) is 37.6. The van der Waals surface area contributed by atoms with Crippen LogP contribution in [0.3, 0.4) is 0 Å². The Bertz CT molecular complexity index is 1620. The zero-order valence-corrected chi connectivity index (χ0v) is 40.6. The molecule has 1 aromatic rings. The van der Waals surface area contributed by atoms with Crippen LogP contribution in [0.5, 0.6) is 11.5 Å². The zero-order chi connectivity index (χ0) is 43.7. The number of ether oxygens (including phenoxy) is 2. The first kappa shape index (κ1) is 50.7. The summed E-state index contributed by atoms with van der Waals surface area (Å²) in [4.78, 5) is 29.9. The van der Waals surface area contributed by atoms with Gasteiger partial charge in [0, 0.05) is 0 Å². The highest BCUT2D eigenvalue weighted by Gasteiger charge is 2.37. The highest BCUT2D eigenvalue weighted by molar-refractivity contribution is 8.24. The second-order valence-corrected chi connectivity index (χ2v) is 24.7. The van der Waals surface area contributed by atoms with Crippen LogP contribution in [-0.2, 0) is 9.59 Å². The first-order valence-electron chi connectivity index (χ1n) is 21.5. The maximum absolute atomic E-state index is 14.4. The molecule has 1 aromatic carbocycles. The van der Waals surface area contributed by atoms with Crippen LogP contribution in [0.4, 0.5) is 0 Å². The fourth-order valence-electron chi connectivity index (χ4n) is 7.96. The standard InChI is InChI=1S/C49H78N2O4S2/c1-31(22-24-46(6,7)8)18-20-37(34(4)27-48(12,13)14)43(52)54-39-26-33(3)40(42-41(39)56-45(57-42)36(29-50)30-51)55-44(53)38(35(5)28-49(15,16)17)21-19-32(2)23-25-47(9,10)11/h26,31-32,34-35,37-38H,18-25,27-28H2,1-17H3. The molecule has 0 saturated carbocycles. The molecule has 57 heavy (non-hydrogen) atoms. The summed E-state index contributed by atoms with van der Waals surface area (Å²) < 4.78 is 13.3. The maximum atomic E-state index is 14.4. The molecule has 0 aromatic heterocycles. The summed E-state index contributed by atoms with van der Waals surface area (Å²) in [7, 11) is 0. The maximum Gasteiger partial charge on any atom is 0.314 e. The van der Waals surface area contributed by atoms with Crippen LogP contribution in [0.1, 0.15) is 181 Å². The van der Waals surface area contributed by atoms with Crippen molar-refractivity contribution in [3.8, 4) is 23.6 Å². The van der Waals surface area contributed by atoms with Gasteiger partial charge in [0.1, 0.15) is 29.2 Å². The molecule has 0 aliphatic carbocycles. The molecule has 0 spiro atoms. The molecule has 0 bridgehead atoms. The Morgan fingerprint density at radius 3 is 1.40 bits per heavy atom. The number of aryl methyl sites for hydroxylation is 1. The predicted octanol–water partition coefficient (Wildman–Crippen LogP) is 15.1. The lowest BCUT2D eigenvalue weighted by Crippen LogP contribution is -2.30. The summed E-state index contributed by atoms with van der Waals surface area (Å²) in [5, 5.41) is 19.7. The van der Waals surface area contributed by atoms with E-state index in [2.05, 4.69) is 111 Å². The van der Waals surface area contributed by atoms with Crippen LogP contribution in [0, 0.1) is 86.8 Å². The topological polar surface area (TPSA) is 100 Å². The second kappa shape index (κ2) is 21.2. The number of hydrogen-bond acceptors (Lipinski definition) is 8. The largest absolute Gasteiger partial charge is 0.425 e. The van der Waals surface area contributed by atoms with E-state index in [1.165, 1.54) is 23.5 Å². The molecule has 6 atom stereocenters. The molecule has 6 nitrogen and oxygen atoms in total. The number of fused-ring (bicyclic) bond motifs is 1. The molecule has 1 aliphatic heterocycles. The normalized spacial score (nSPS) is 16.7. The minimum atomic E-state index is -0.299. The quantitative estimate of drug-likeness (QED) is 0.0820. The third kappa shape index (κ3) is 17.8. The van der Waals surface area contributed by atoms with Gasteiger partial charge in [-0.3, -0.25) is 9.59 Å². The van der Waals surface area contributed by atoms with Crippen LogP contribution < -0.4 is 9.47 Å². The first-order valence-corrected chi connectivity index (χ1v) is 23.2. The van der Waals surface area contributed by atoms with Crippen molar-refractivity contribution < 1.29 is 19.1 Å². The number of carbonyl (C=O) groups is 2. The molecule has 0 fully saturated rings. The number of rotatable bonds is 18. The van der Waals surface area contributed by atoms with E-state index >= 15 is 0 Å². The Balaban J connectivity index is 2.55. The lowest BCUT2D eigenvalue weighted by molar-refractivity contribution is -0.143. The molecule has 0 amide bonds. The summed E-state index contributed by atoms with van der Waals surface area (Å²) in [6, 6.07) is 5.86. The van der Waals surface area contributed by atoms with E-state index in [4.69, 9.17) is 9.47 Å². The minimum absolute atomic E-state index is 0.0183.